The minimum absolute atomic E-state index is 0.0557. The summed E-state index contributed by atoms with van der Waals surface area (Å²) in [6.45, 7) is 6.49. The Balaban J connectivity index is 1.33. The lowest BCUT2D eigenvalue weighted by molar-refractivity contribution is -0.117. The first kappa shape index (κ1) is 27.2. The van der Waals surface area contributed by atoms with Crippen LogP contribution in [0.25, 0.3) is 0 Å². The predicted molar refractivity (Wildman–Crippen MR) is 157 cm³/mol. The lowest BCUT2D eigenvalue weighted by Crippen LogP contribution is -2.47. The number of hydrogen-bond acceptors (Lipinski definition) is 4. The molecule has 2 aliphatic heterocycles. The third kappa shape index (κ3) is 6.13. The number of halogens is 1. The zero-order valence-electron chi connectivity index (χ0n) is 22.6. The van der Waals surface area contributed by atoms with Crippen molar-refractivity contribution in [1.82, 2.24) is 5.32 Å². The number of carbonyl (C=O) groups is 2. The molecule has 5 rings (SSSR count). The van der Waals surface area contributed by atoms with Crippen molar-refractivity contribution in [3.05, 3.63) is 88.9 Å². The first-order valence-electron chi connectivity index (χ1n) is 13.8. The molecule has 0 radical (unpaired) electrons. The largest absolute Gasteiger partial charge is 0.494 e. The molecule has 204 valence electrons. The summed E-state index contributed by atoms with van der Waals surface area (Å²) in [7, 11) is 0. The first-order chi connectivity index (χ1) is 18.9. The van der Waals surface area contributed by atoms with Crippen LogP contribution in [-0.4, -0.2) is 37.6 Å². The molecule has 0 aliphatic carbocycles. The maximum Gasteiger partial charge on any atom is 0.258 e. The highest BCUT2D eigenvalue weighted by atomic mass is 35.5. The molecule has 0 saturated carbocycles. The third-order valence-corrected chi connectivity index (χ3v) is 8.14. The van der Waals surface area contributed by atoms with E-state index in [2.05, 4.69) is 5.32 Å². The zero-order chi connectivity index (χ0) is 27.4. The maximum atomic E-state index is 13.8. The number of ether oxygens (including phenoxy) is 1. The van der Waals surface area contributed by atoms with Crippen LogP contribution in [0.2, 0.25) is 5.02 Å². The Morgan fingerprint density at radius 1 is 1.00 bits per heavy atom. The summed E-state index contributed by atoms with van der Waals surface area (Å²) in [5, 5.41) is 4.02. The van der Waals surface area contributed by atoms with E-state index in [9.17, 15) is 9.59 Å². The number of amides is 2. The monoisotopic (exact) mass is 545 g/mol. The third-order valence-electron chi connectivity index (χ3n) is 7.89. The van der Waals surface area contributed by atoms with Gasteiger partial charge in [-0.15, -0.1) is 0 Å². The fraction of sp³-hybridized carbons (Fsp3) is 0.375. The smallest absolute Gasteiger partial charge is 0.258 e. The molecule has 2 heterocycles. The molecule has 7 heteroatoms. The molecular formula is C32H36ClN3O3. The molecule has 3 aromatic rings. The van der Waals surface area contributed by atoms with Gasteiger partial charge in [-0.2, -0.15) is 0 Å². The second kappa shape index (κ2) is 12.2. The Morgan fingerprint density at radius 2 is 1.69 bits per heavy atom. The van der Waals surface area contributed by atoms with E-state index in [1.165, 1.54) is 12.8 Å². The fourth-order valence-corrected chi connectivity index (χ4v) is 5.99. The molecule has 0 spiro atoms. The number of anilines is 2. The second-order valence-corrected chi connectivity index (χ2v) is 11.0. The minimum atomic E-state index is -0.199. The summed E-state index contributed by atoms with van der Waals surface area (Å²) >= 11 is 6.11. The molecule has 2 amide bonds. The number of rotatable bonds is 7. The molecule has 1 N–H and O–H groups in total. The first-order valence-corrected chi connectivity index (χ1v) is 14.2. The van der Waals surface area contributed by atoms with Gasteiger partial charge >= 0.3 is 0 Å². The highest BCUT2D eigenvalue weighted by molar-refractivity contribution is 6.30. The number of benzene rings is 3. The molecule has 6 nitrogen and oxygen atoms in total. The van der Waals surface area contributed by atoms with Crippen LogP contribution in [0.4, 0.5) is 11.4 Å². The number of hydrogen-bond donors (Lipinski definition) is 1. The van der Waals surface area contributed by atoms with Crippen LogP contribution in [0.1, 0.15) is 61.5 Å². The van der Waals surface area contributed by atoms with E-state index in [1.54, 1.807) is 19.1 Å². The van der Waals surface area contributed by atoms with Crippen molar-refractivity contribution in [2.45, 2.75) is 51.6 Å². The van der Waals surface area contributed by atoms with Gasteiger partial charge in [0.1, 0.15) is 5.75 Å². The van der Waals surface area contributed by atoms with Gasteiger partial charge in [0.05, 0.1) is 12.6 Å². The van der Waals surface area contributed by atoms with Crippen molar-refractivity contribution in [2.24, 2.45) is 5.92 Å². The van der Waals surface area contributed by atoms with Crippen molar-refractivity contribution < 1.29 is 14.3 Å². The lowest BCUT2D eigenvalue weighted by atomic mass is 9.89. The Hall–Kier alpha value is -3.35. The Morgan fingerprint density at radius 3 is 2.38 bits per heavy atom. The van der Waals surface area contributed by atoms with Gasteiger partial charge in [-0.1, -0.05) is 29.8 Å². The van der Waals surface area contributed by atoms with E-state index in [1.807, 2.05) is 77.4 Å². The second-order valence-electron chi connectivity index (χ2n) is 10.6. The van der Waals surface area contributed by atoms with Gasteiger partial charge in [0.25, 0.3) is 5.91 Å². The van der Waals surface area contributed by atoms with Crippen LogP contribution in [-0.2, 0) is 4.79 Å². The summed E-state index contributed by atoms with van der Waals surface area (Å²) in [5.74, 6) is 1.39. The van der Waals surface area contributed by atoms with Crippen molar-refractivity contribution in [1.29, 1.82) is 0 Å². The van der Waals surface area contributed by atoms with Crippen LogP contribution in [0.5, 0.6) is 5.75 Å². The number of carbonyl (C=O) groups excluding carboxylic acids is 2. The normalized spacial score (nSPS) is 19.3. The average Bonchev–Trinajstić information content (AvgIpc) is 2.95. The van der Waals surface area contributed by atoms with Crippen LogP contribution in [0.3, 0.4) is 0 Å². The summed E-state index contributed by atoms with van der Waals surface area (Å²) in [4.78, 5) is 30.4. The molecule has 0 unspecified atom stereocenters. The number of para-hydroxylation sites is 1. The standard InChI is InChI=1S/C32H36ClN3O3/c1-22-21-31(36(23(2)37)27-11-9-26(33)10-12-27)29-5-3-4-6-30(29)35(22)32(38)25-7-13-28(14-8-25)39-20-17-24-15-18-34-19-16-24/h3-14,22,24,31,34H,15-21H2,1-2H3/t22-,31+/m0/s1. The van der Waals surface area contributed by atoms with E-state index in [4.69, 9.17) is 16.3 Å². The minimum Gasteiger partial charge on any atom is -0.494 e. The van der Waals surface area contributed by atoms with E-state index in [-0.39, 0.29) is 23.9 Å². The van der Waals surface area contributed by atoms with Gasteiger partial charge < -0.3 is 19.9 Å². The molecule has 1 fully saturated rings. The van der Waals surface area contributed by atoms with Crippen LogP contribution < -0.4 is 19.9 Å². The topological polar surface area (TPSA) is 61.9 Å². The van der Waals surface area contributed by atoms with E-state index >= 15 is 0 Å². The Bertz CT molecular complexity index is 1290. The maximum absolute atomic E-state index is 13.8. The SMILES string of the molecule is CC(=O)N(c1ccc(Cl)cc1)[C@@H]1C[C@H](C)N(C(=O)c2ccc(OCCC3CCNCC3)cc2)c2ccccc21. The molecule has 1 saturated heterocycles. The molecule has 2 aliphatic rings. The number of nitrogens with zero attached hydrogens (tertiary/aromatic N) is 2. The quantitative estimate of drug-likeness (QED) is 0.361. The van der Waals surface area contributed by atoms with Gasteiger partial charge in [-0.25, -0.2) is 0 Å². The van der Waals surface area contributed by atoms with Gasteiger partial charge in [0, 0.05) is 34.9 Å². The number of nitrogens with one attached hydrogen (secondary N) is 1. The molecule has 39 heavy (non-hydrogen) atoms. The van der Waals surface area contributed by atoms with Gasteiger partial charge in [0.2, 0.25) is 5.91 Å². The van der Waals surface area contributed by atoms with Crippen molar-refractivity contribution >= 4 is 34.8 Å². The average molecular weight is 546 g/mol. The summed E-state index contributed by atoms with van der Waals surface area (Å²) < 4.78 is 5.99. The Kier molecular flexibility index (Phi) is 8.53. The Labute approximate surface area is 235 Å². The molecular weight excluding hydrogens is 510 g/mol. The van der Waals surface area contributed by atoms with Crippen LogP contribution in [0, 0.1) is 5.92 Å². The fourth-order valence-electron chi connectivity index (χ4n) is 5.87. The summed E-state index contributed by atoms with van der Waals surface area (Å²) in [5.41, 5.74) is 3.18. The molecule has 0 bridgehead atoms. The van der Waals surface area contributed by atoms with E-state index < -0.39 is 0 Å². The van der Waals surface area contributed by atoms with Gasteiger partial charge in [0.15, 0.2) is 0 Å². The molecule has 2 atom stereocenters. The van der Waals surface area contributed by atoms with Crippen molar-refractivity contribution in [3.8, 4) is 5.75 Å². The van der Waals surface area contributed by atoms with Crippen molar-refractivity contribution in [3.63, 3.8) is 0 Å². The highest BCUT2D eigenvalue weighted by Crippen LogP contribution is 2.43. The van der Waals surface area contributed by atoms with E-state index in [0.29, 0.717) is 23.6 Å². The number of fused-ring (bicyclic) bond motifs is 1. The summed E-state index contributed by atoms with van der Waals surface area (Å²) in [6, 6.07) is 22.3. The predicted octanol–water partition coefficient (Wildman–Crippen LogP) is 6.64. The van der Waals surface area contributed by atoms with E-state index in [0.717, 1.165) is 48.1 Å². The van der Waals surface area contributed by atoms with Crippen LogP contribution in [0.15, 0.2) is 72.8 Å². The summed E-state index contributed by atoms with van der Waals surface area (Å²) in [6.07, 6.45) is 4.08. The molecule has 0 aromatic heterocycles. The van der Waals surface area contributed by atoms with Gasteiger partial charge in [-0.3, -0.25) is 9.59 Å². The van der Waals surface area contributed by atoms with Crippen LogP contribution >= 0.6 is 11.6 Å². The lowest BCUT2D eigenvalue weighted by Gasteiger charge is -2.43. The zero-order valence-corrected chi connectivity index (χ0v) is 23.4. The highest BCUT2D eigenvalue weighted by Gasteiger charge is 2.38. The molecule has 3 aromatic carbocycles. The van der Waals surface area contributed by atoms with Crippen molar-refractivity contribution in [2.75, 3.05) is 29.5 Å². The number of piperidine rings is 1. The van der Waals surface area contributed by atoms with Gasteiger partial charge in [-0.05, 0) is 112 Å².